The molecule has 1 N–H and O–H groups in total. The van der Waals surface area contributed by atoms with Gasteiger partial charge in [0.05, 0.1) is 11.8 Å². The molecule has 2 aromatic carbocycles. The van der Waals surface area contributed by atoms with Crippen molar-refractivity contribution in [3.63, 3.8) is 0 Å². The highest BCUT2D eigenvalue weighted by Gasteiger charge is 2.45. The molecule has 5 rings (SSSR count). The zero-order valence-electron chi connectivity index (χ0n) is 17.6. The predicted octanol–water partition coefficient (Wildman–Crippen LogP) is 6.22. The number of Topliss-reactive ketones (excluding diaryl/α,β-unsaturated/α-hetero) is 1. The van der Waals surface area contributed by atoms with Crippen LogP contribution in [-0.2, 0) is 4.79 Å². The Labute approximate surface area is 194 Å². The normalized spacial score (nSPS) is 15.8. The molecule has 1 unspecified atom stereocenters. The molecule has 1 aliphatic heterocycles. The maximum absolute atomic E-state index is 13.1. The highest BCUT2D eigenvalue weighted by Crippen LogP contribution is 2.43. The van der Waals surface area contributed by atoms with Crippen LogP contribution >= 0.6 is 11.3 Å². The molecule has 1 atom stereocenters. The van der Waals surface area contributed by atoms with E-state index in [4.69, 9.17) is 9.15 Å². The zero-order chi connectivity index (χ0) is 22.9. The summed E-state index contributed by atoms with van der Waals surface area (Å²) in [6.45, 7) is 1.99. The molecule has 1 amide bonds. The standard InChI is InChI=1S/C26H19NO5S/c1-16-5-2-6-19(15-16)32-18-11-9-17(10-12-18)27-23(21-8-4-14-33-21)22(25(29)26(27)30)24(28)20-7-3-13-31-20/h2-15,23,29H,1H3. The van der Waals surface area contributed by atoms with Crippen LogP contribution in [-0.4, -0.2) is 16.8 Å². The van der Waals surface area contributed by atoms with Crippen LogP contribution in [0.3, 0.4) is 0 Å². The van der Waals surface area contributed by atoms with Crippen LogP contribution in [0.1, 0.15) is 27.0 Å². The zero-order valence-corrected chi connectivity index (χ0v) is 18.4. The van der Waals surface area contributed by atoms with E-state index in [1.807, 2.05) is 48.7 Å². The van der Waals surface area contributed by atoms with Crippen molar-refractivity contribution < 1.29 is 23.8 Å². The number of amides is 1. The lowest BCUT2D eigenvalue weighted by Crippen LogP contribution is -2.30. The summed E-state index contributed by atoms with van der Waals surface area (Å²) in [6.07, 6.45) is 1.38. The lowest BCUT2D eigenvalue weighted by molar-refractivity contribution is -0.117. The fourth-order valence-electron chi connectivity index (χ4n) is 3.85. The smallest absolute Gasteiger partial charge is 0.294 e. The molecule has 33 heavy (non-hydrogen) atoms. The third kappa shape index (κ3) is 3.83. The highest BCUT2D eigenvalue weighted by atomic mass is 32.1. The summed E-state index contributed by atoms with van der Waals surface area (Å²) in [5.74, 6) is -0.360. The van der Waals surface area contributed by atoms with Crippen LogP contribution in [0.15, 0.2) is 100 Å². The fraction of sp³-hybridized carbons (Fsp3) is 0.0769. The topological polar surface area (TPSA) is 80.0 Å². The van der Waals surface area contributed by atoms with E-state index in [9.17, 15) is 14.7 Å². The number of carbonyl (C=O) groups excluding carboxylic acids is 2. The number of ether oxygens (including phenoxy) is 1. The first-order valence-corrected chi connectivity index (χ1v) is 11.1. The number of hydrogen-bond donors (Lipinski definition) is 1. The van der Waals surface area contributed by atoms with Crippen molar-refractivity contribution >= 4 is 28.7 Å². The van der Waals surface area contributed by atoms with E-state index in [0.29, 0.717) is 17.2 Å². The predicted molar refractivity (Wildman–Crippen MR) is 125 cm³/mol. The van der Waals surface area contributed by atoms with Crippen molar-refractivity contribution in [3.05, 3.63) is 112 Å². The minimum Gasteiger partial charge on any atom is -0.503 e. The van der Waals surface area contributed by atoms with Crippen molar-refractivity contribution in [3.8, 4) is 11.5 Å². The van der Waals surface area contributed by atoms with Crippen molar-refractivity contribution in [1.29, 1.82) is 0 Å². The number of aliphatic hydroxyl groups is 1. The van der Waals surface area contributed by atoms with Gasteiger partial charge in [0.1, 0.15) is 17.5 Å². The minimum absolute atomic E-state index is 0.00233. The number of aliphatic hydroxyl groups excluding tert-OH is 1. The number of carbonyl (C=O) groups is 2. The number of furan rings is 1. The lowest BCUT2D eigenvalue weighted by Gasteiger charge is -2.25. The minimum atomic E-state index is -0.765. The summed E-state index contributed by atoms with van der Waals surface area (Å²) in [6, 6.07) is 20.7. The molecule has 1 aliphatic rings. The first kappa shape index (κ1) is 20.8. The Morgan fingerprint density at radius 2 is 1.85 bits per heavy atom. The number of nitrogens with zero attached hydrogens (tertiary/aromatic N) is 1. The molecule has 4 aromatic rings. The van der Waals surface area contributed by atoms with E-state index in [1.54, 1.807) is 30.3 Å². The molecule has 0 fully saturated rings. The van der Waals surface area contributed by atoms with Gasteiger partial charge in [-0.05, 0) is 72.5 Å². The third-order valence-electron chi connectivity index (χ3n) is 5.35. The molecule has 2 aromatic heterocycles. The molecule has 0 radical (unpaired) electrons. The average Bonchev–Trinajstić information content (AvgIpc) is 3.57. The number of benzene rings is 2. The van der Waals surface area contributed by atoms with Gasteiger partial charge in [0.25, 0.3) is 5.91 Å². The van der Waals surface area contributed by atoms with Crippen molar-refractivity contribution in [2.75, 3.05) is 4.90 Å². The molecule has 0 saturated heterocycles. The van der Waals surface area contributed by atoms with E-state index < -0.39 is 23.5 Å². The molecule has 0 saturated carbocycles. The van der Waals surface area contributed by atoms with Gasteiger partial charge < -0.3 is 14.3 Å². The summed E-state index contributed by atoms with van der Waals surface area (Å²) in [5, 5.41) is 12.6. The van der Waals surface area contributed by atoms with Gasteiger partial charge in [-0.15, -0.1) is 11.3 Å². The Bertz CT molecular complexity index is 1340. The van der Waals surface area contributed by atoms with Gasteiger partial charge in [-0.2, -0.15) is 0 Å². The van der Waals surface area contributed by atoms with Crippen LogP contribution < -0.4 is 9.64 Å². The first-order chi connectivity index (χ1) is 16.0. The van der Waals surface area contributed by atoms with Gasteiger partial charge in [0.2, 0.25) is 5.78 Å². The van der Waals surface area contributed by atoms with Gasteiger partial charge in [0, 0.05) is 10.6 Å². The Morgan fingerprint density at radius 1 is 1.03 bits per heavy atom. The highest BCUT2D eigenvalue weighted by molar-refractivity contribution is 7.10. The molecule has 0 spiro atoms. The van der Waals surface area contributed by atoms with Crippen molar-refractivity contribution in [1.82, 2.24) is 0 Å². The quantitative estimate of drug-likeness (QED) is 0.348. The van der Waals surface area contributed by atoms with Crippen LogP contribution in [0.5, 0.6) is 11.5 Å². The second-order valence-electron chi connectivity index (χ2n) is 7.57. The molecular weight excluding hydrogens is 438 g/mol. The number of ketones is 1. The Morgan fingerprint density at radius 3 is 2.52 bits per heavy atom. The summed E-state index contributed by atoms with van der Waals surface area (Å²) < 4.78 is 11.1. The first-order valence-electron chi connectivity index (χ1n) is 10.3. The maximum atomic E-state index is 13.1. The molecule has 0 aliphatic carbocycles. The van der Waals surface area contributed by atoms with Crippen LogP contribution in [0.25, 0.3) is 0 Å². The van der Waals surface area contributed by atoms with Gasteiger partial charge >= 0.3 is 0 Å². The van der Waals surface area contributed by atoms with Crippen LogP contribution in [0.2, 0.25) is 0 Å². The van der Waals surface area contributed by atoms with Crippen LogP contribution in [0, 0.1) is 6.92 Å². The fourth-order valence-corrected chi connectivity index (χ4v) is 4.67. The second kappa shape index (κ2) is 8.44. The molecule has 7 heteroatoms. The molecular formula is C26H19NO5S. The van der Waals surface area contributed by atoms with E-state index in [2.05, 4.69) is 0 Å². The average molecular weight is 458 g/mol. The summed E-state index contributed by atoms with van der Waals surface area (Å²) in [5.41, 5.74) is 1.61. The number of rotatable bonds is 6. The van der Waals surface area contributed by atoms with Crippen LogP contribution in [0.4, 0.5) is 5.69 Å². The Hall–Kier alpha value is -4.10. The molecule has 6 nitrogen and oxygen atoms in total. The summed E-state index contributed by atoms with van der Waals surface area (Å²) in [7, 11) is 0. The number of anilines is 1. The van der Waals surface area contributed by atoms with Crippen molar-refractivity contribution in [2.24, 2.45) is 0 Å². The third-order valence-corrected chi connectivity index (χ3v) is 6.28. The summed E-state index contributed by atoms with van der Waals surface area (Å²) >= 11 is 1.40. The molecule has 3 heterocycles. The molecule has 0 bridgehead atoms. The van der Waals surface area contributed by atoms with E-state index >= 15 is 0 Å². The SMILES string of the molecule is Cc1cccc(Oc2ccc(N3C(=O)C(O)=C(C(=O)c4ccco4)C3c3cccs3)cc2)c1. The number of hydrogen-bond acceptors (Lipinski definition) is 6. The maximum Gasteiger partial charge on any atom is 0.294 e. The lowest BCUT2D eigenvalue weighted by atomic mass is 10.00. The van der Waals surface area contributed by atoms with E-state index in [1.165, 1.54) is 28.6 Å². The van der Waals surface area contributed by atoms with Gasteiger partial charge in [-0.25, -0.2) is 0 Å². The Kier molecular flexibility index (Phi) is 5.32. The Balaban J connectivity index is 1.49. The largest absolute Gasteiger partial charge is 0.503 e. The second-order valence-corrected chi connectivity index (χ2v) is 8.55. The monoisotopic (exact) mass is 457 g/mol. The van der Waals surface area contributed by atoms with E-state index in [-0.39, 0.29) is 11.3 Å². The summed E-state index contributed by atoms with van der Waals surface area (Å²) in [4.78, 5) is 28.4. The van der Waals surface area contributed by atoms with E-state index in [0.717, 1.165) is 10.4 Å². The number of thiophene rings is 1. The van der Waals surface area contributed by atoms with Crippen molar-refractivity contribution in [2.45, 2.75) is 13.0 Å². The van der Waals surface area contributed by atoms with Gasteiger partial charge in [-0.1, -0.05) is 18.2 Å². The molecule has 164 valence electrons. The van der Waals surface area contributed by atoms with Gasteiger partial charge in [0.15, 0.2) is 11.5 Å². The number of aryl methyl sites for hydroxylation is 1. The van der Waals surface area contributed by atoms with Gasteiger partial charge in [-0.3, -0.25) is 14.5 Å².